The lowest BCUT2D eigenvalue weighted by Crippen LogP contribution is -2.23. The molecule has 9 heteroatoms. The molecule has 8 nitrogen and oxygen atoms in total. The number of esters is 1. The number of nitrogens with one attached hydrogen (secondary N) is 2. The summed E-state index contributed by atoms with van der Waals surface area (Å²) in [5.74, 6) is -0.692. The fourth-order valence-corrected chi connectivity index (χ4v) is 2.92. The third kappa shape index (κ3) is 6.98. The van der Waals surface area contributed by atoms with E-state index < -0.39 is 18.5 Å². The second-order valence-electron chi connectivity index (χ2n) is 6.66. The van der Waals surface area contributed by atoms with Gasteiger partial charge in [-0.2, -0.15) is 0 Å². The molecule has 170 valence electrons. The SMILES string of the molecule is COc1ccccc1NC(=O)c1ccc(NC(=O)COC(=O)COc2ccccc2Cl)cc1. The summed E-state index contributed by atoms with van der Waals surface area (Å²) in [7, 11) is 1.52. The van der Waals surface area contributed by atoms with Crippen molar-refractivity contribution < 1.29 is 28.6 Å². The van der Waals surface area contributed by atoms with Gasteiger partial charge in [0.05, 0.1) is 17.8 Å². The molecule has 0 unspecified atom stereocenters. The van der Waals surface area contributed by atoms with Crippen LogP contribution in [0.25, 0.3) is 0 Å². The van der Waals surface area contributed by atoms with Gasteiger partial charge in [0, 0.05) is 11.3 Å². The maximum Gasteiger partial charge on any atom is 0.344 e. The third-order valence-electron chi connectivity index (χ3n) is 4.33. The molecule has 0 saturated carbocycles. The van der Waals surface area contributed by atoms with Crippen LogP contribution in [0.3, 0.4) is 0 Å². The molecular formula is C24H21ClN2O6. The standard InChI is InChI=1S/C24H21ClN2O6/c1-31-21-9-5-3-7-19(21)27-24(30)16-10-12-17(13-11-16)26-22(28)14-33-23(29)15-32-20-8-4-2-6-18(20)25/h2-13H,14-15H2,1H3,(H,26,28)(H,27,30). The maximum atomic E-state index is 12.4. The Hall–Kier alpha value is -4.04. The Morgan fingerprint density at radius 2 is 1.48 bits per heavy atom. The van der Waals surface area contributed by atoms with Crippen molar-refractivity contribution in [1.29, 1.82) is 0 Å². The molecule has 0 aliphatic carbocycles. The molecule has 0 atom stereocenters. The number of methoxy groups -OCH3 is 1. The Labute approximate surface area is 195 Å². The summed E-state index contributed by atoms with van der Waals surface area (Å²) in [6, 6.07) is 20.0. The summed E-state index contributed by atoms with van der Waals surface area (Å²) in [6.45, 7) is -0.867. The molecule has 0 heterocycles. The molecule has 0 fully saturated rings. The van der Waals surface area contributed by atoms with E-state index in [0.29, 0.717) is 33.5 Å². The van der Waals surface area contributed by atoms with Crippen molar-refractivity contribution in [2.75, 3.05) is 31.0 Å². The van der Waals surface area contributed by atoms with Crippen molar-refractivity contribution in [2.45, 2.75) is 0 Å². The molecule has 2 amide bonds. The predicted molar refractivity (Wildman–Crippen MR) is 124 cm³/mol. The highest BCUT2D eigenvalue weighted by Gasteiger charge is 2.12. The summed E-state index contributed by atoms with van der Waals surface area (Å²) in [5, 5.41) is 5.72. The van der Waals surface area contributed by atoms with Crippen LogP contribution in [-0.4, -0.2) is 38.1 Å². The van der Waals surface area contributed by atoms with Crippen molar-refractivity contribution in [2.24, 2.45) is 0 Å². The van der Waals surface area contributed by atoms with Crippen molar-refractivity contribution >= 4 is 40.8 Å². The number of carbonyl (C=O) groups is 3. The number of rotatable bonds is 9. The minimum atomic E-state index is -0.714. The van der Waals surface area contributed by atoms with Gasteiger partial charge in [0.25, 0.3) is 11.8 Å². The summed E-state index contributed by atoms with van der Waals surface area (Å²) in [6.07, 6.45) is 0. The Morgan fingerprint density at radius 3 is 2.18 bits per heavy atom. The average Bonchev–Trinajstić information content (AvgIpc) is 2.83. The minimum Gasteiger partial charge on any atom is -0.495 e. The van der Waals surface area contributed by atoms with E-state index in [0.717, 1.165) is 0 Å². The van der Waals surface area contributed by atoms with Crippen LogP contribution >= 0.6 is 11.6 Å². The molecule has 2 N–H and O–H groups in total. The molecule has 3 aromatic rings. The monoisotopic (exact) mass is 468 g/mol. The molecule has 33 heavy (non-hydrogen) atoms. The zero-order chi connectivity index (χ0) is 23.6. The number of benzene rings is 3. The van der Waals surface area contributed by atoms with E-state index in [1.165, 1.54) is 7.11 Å². The molecular weight excluding hydrogens is 448 g/mol. The van der Waals surface area contributed by atoms with E-state index in [9.17, 15) is 14.4 Å². The van der Waals surface area contributed by atoms with Crippen LogP contribution in [0.4, 0.5) is 11.4 Å². The molecule has 0 bridgehead atoms. The number of para-hydroxylation sites is 3. The Balaban J connectivity index is 1.45. The largest absolute Gasteiger partial charge is 0.495 e. The second-order valence-corrected chi connectivity index (χ2v) is 7.07. The summed E-state index contributed by atoms with van der Waals surface area (Å²) in [4.78, 5) is 36.3. The topological polar surface area (TPSA) is 103 Å². The van der Waals surface area contributed by atoms with E-state index in [2.05, 4.69) is 10.6 Å². The van der Waals surface area contributed by atoms with Gasteiger partial charge in [0.1, 0.15) is 11.5 Å². The lowest BCUT2D eigenvalue weighted by atomic mass is 10.2. The average molecular weight is 469 g/mol. The predicted octanol–water partition coefficient (Wildman–Crippen LogP) is 4.16. The first-order chi connectivity index (χ1) is 16.0. The van der Waals surface area contributed by atoms with Gasteiger partial charge >= 0.3 is 5.97 Å². The molecule has 0 aromatic heterocycles. The Kier molecular flexibility index (Phi) is 8.26. The fraction of sp³-hybridized carbons (Fsp3) is 0.125. The van der Waals surface area contributed by atoms with Gasteiger partial charge < -0.3 is 24.8 Å². The zero-order valence-corrected chi connectivity index (χ0v) is 18.4. The molecule has 3 rings (SSSR count). The number of hydrogen-bond donors (Lipinski definition) is 2. The van der Waals surface area contributed by atoms with Gasteiger partial charge in [-0.05, 0) is 48.5 Å². The van der Waals surface area contributed by atoms with Crippen LogP contribution in [0, 0.1) is 0 Å². The number of carbonyl (C=O) groups excluding carboxylic acids is 3. The quantitative estimate of drug-likeness (QED) is 0.457. The van der Waals surface area contributed by atoms with Crippen molar-refractivity contribution in [3.05, 3.63) is 83.4 Å². The zero-order valence-electron chi connectivity index (χ0n) is 17.7. The smallest absolute Gasteiger partial charge is 0.344 e. The fourth-order valence-electron chi connectivity index (χ4n) is 2.73. The number of ether oxygens (including phenoxy) is 3. The van der Waals surface area contributed by atoms with E-state index in [1.54, 1.807) is 72.8 Å². The lowest BCUT2D eigenvalue weighted by Gasteiger charge is -2.11. The van der Waals surface area contributed by atoms with E-state index in [1.807, 2.05) is 0 Å². The highest BCUT2D eigenvalue weighted by atomic mass is 35.5. The van der Waals surface area contributed by atoms with Gasteiger partial charge in [-0.15, -0.1) is 0 Å². The normalized spacial score (nSPS) is 10.1. The van der Waals surface area contributed by atoms with E-state index >= 15 is 0 Å². The van der Waals surface area contributed by atoms with Crippen LogP contribution in [0.15, 0.2) is 72.8 Å². The van der Waals surface area contributed by atoms with Crippen LogP contribution < -0.4 is 20.1 Å². The highest BCUT2D eigenvalue weighted by molar-refractivity contribution is 6.32. The first-order valence-corrected chi connectivity index (χ1v) is 10.2. The summed E-state index contributed by atoms with van der Waals surface area (Å²) < 4.78 is 15.4. The van der Waals surface area contributed by atoms with Crippen molar-refractivity contribution in [3.63, 3.8) is 0 Å². The van der Waals surface area contributed by atoms with Crippen molar-refractivity contribution in [3.8, 4) is 11.5 Å². The van der Waals surface area contributed by atoms with E-state index in [4.69, 9.17) is 25.8 Å². The number of halogens is 1. The molecule has 0 spiro atoms. The first kappa shape index (κ1) is 23.6. The van der Waals surface area contributed by atoms with Gasteiger partial charge in [0.2, 0.25) is 0 Å². The van der Waals surface area contributed by atoms with Gasteiger partial charge in [-0.1, -0.05) is 35.9 Å². The van der Waals surface area contributed by atoms with Crippen molar-refractivity contribution in [1.82, 2.24) is 0 Å². The Bertz CT molecular complexity index is 1130. The summed E-state index contributed by atoms with van der Waals surface area (Å²) >= 11 is 5.94. The number of hydrogen-bond acceptors (Lipinski definition) is 6. The highest BCUT2D eigenvalue weighted by Crippen LogP contribution is 2.24. The molecule has 0 saturated heterocycles. The van der Waals surface area contributed by atoms with Gasteiger partial charge in [-0.3, -0.25) is 9.59 Å². The van der Waals surface area contributed by atoms with Crippen LogP contribution in [-0.2, 0) is 14.3 Å². The minimum absolute atomic E-state index is 0.329. The summed E-state index contributed by atoms with van der Waals surface area (Å²) in [5.41, 5.74) is 1.38. The van der Waals surface area contributed by atoms with E-state index in [-0.39, 0.29) is 12.5 Å². The Morgan fingerprint density at radius 1 is 0.818 bits per heavy atom. The van der Waals surface area contributed by atoms with Crippen LogP contribution in [0.1, 0.15) is 10.4 Å². The van der Waals surface area contributed by atoms with Gasteiger partial charge in [0.15, 0.2) is 13.2 Å². The number of amides is 2. The number of anilines is 2. The third-order valence-corrected chi connectivity index (χ3v) is 4.64. The lowest BCUT2D eigenvalue weighted by molar-refractivity contribution is -0.149. The first-order valence-electron chi connectivity index (χ1n) is 9.83. The molecule has 0 aliphatic rings. The second kappa shape index (κ2) is 11.5. The van der Waals surface area contributed by atoms with Crippen LogP contribution in [0.2, 0.25) is 5.02 Å². The maximum absolute atomic E-state index is 12.4. The van der Waals surface area contributed by atoms with Crippen LogP contribution in [0.5, 0.6) is 11.5 Å². The molecule has 3 aromatic carbocycles. The molecule has 0 radical (unpaired) electrons. The molecule has 0 aliphatic heterocycles. The van der Waals surface area contributed by atoms with Gasteiger partial charge in [-0.25, -0.2) is 4.79 Å².